The van der Waals surface area contributed by atoms with Crippen molar-refractivity contribution in [3.8, 4) is 17.1 Å². The molecule has 2 rings (SSSR count). The van der Waals surface area contributed by atoms with Gasteiger partial charge in [0.25, 0.3) is 5.91 Å². The first-order valence-electron chi connectivity index (χ1n) is 9.13. The van der Waals surface area contributed by atoms with E-state index in [1.54, 1.807) is 26.4 Å². The molecule has 0 radical (unpaired) electrons. The van der Waals surface area contributed by atoms with Crippen molar-refractivity contribution in [2.24, 2.45) is 0 Å². The fourth-order valence-corrected chi connectivity index (χ4v) is 2.60. The van der Waals surface area contributed by atoms with E-state index in [9.17, 15) is 9.59 Å². The molecule has 0 unspecified atom stereocenters. The Morgan fingerprint density at radius 3 is 2.68 bits per heavy atom. The Morgan fingerprint density at radius 1 is 1.21 bits per heavy atom. The zero-order valence-electron chi connectivity index (χ0n) is 16.7. The van der Waals surface area contributed by atoms with Gasteiger partial charge < -0.3 is 24.2 Å². The maximum Gasteiger partial charge on any atom is 0.276 e. The van der Waals surface area contributed by atoms with E-state index in [1.165, 1.54) is 4.90 Å². The number of hydrogen-bond acceptors (Lipinski definition) is 6. The molecule has 8 nitrogen and oxygen atoms in total. The van der Waals surface area contributed by atoms with E-state index in [-0.39, 0.29) is 36.5 Å². The minimum Gasteiger partial charge on any atom is -0.497 e. The summed E-state index contributed by atoms with van der Waals surface area (Å²) >= 11 is 0. The van der Waals surface area contributed by atoms with Crippen molar-refractivity contribution in [3.05, 3.63) is 36.0 Å². The van der Waals surface area contributed by atoms with Gasteiger partial charge in [-0.2, -0.15) is 0 Å². The molecule has 0 spiro atoms. The standard InChI is InChI=1S/C20H27N3O5/c1-14(2)21-19(24)8-9-23(10-11-26-3)20(25)17-13-18(28-22-17)15-6-5-7-16(12-15)27-4/h5-7,12-14H,8-11H2,1-4H3,(H,21,24). The molecule has 2 amide bonds. The van der Waals surface area contributed by atoms with Crippen LogP contribution in [0.2, 0.25) is 0 Å². The van der Waals surface area contributed by atoms with Crippen LogP contribution in [-0.2, 0) is 9.53 Å². The summed E-state index contributed by atoms with van der Waals surface area (Å²) in [5, 5.41) is 6.72. The molecule has 0 saturated heterocycles. The number of rotatable bonds is 10. The molecule has 0 bridgehead atoms. The Kier molecular flexibility index (Phi) is 8.01. The molecule has 0 saturated carbocycles. The number of nitrogens with zero attached hydrogens (tertiary/aromatic N) is 2. The van der Waals surface area contributed by atoms with E-state index in [0.717, 1.165) is 5.56 Å². The first-order chi connectivity index (χ1) is 13.4. The lowest BCUT2D eigenvalue weighted by Crippen LogP contribution is -2.38. The van der Waals surface area contributed by atoms with Crippen molar-refractivity contribution >= 4 is 11.8 Å². The molecule has 28 heavy (non-hydrogen) atoms. The number of ether oxygens (including phenoxy) is 2. The van der Waals surface area contributed by atoms with E-state index >= 15 is 0 Å². The highest BCUT2D eigenvalue weighted by Crippen LogP contribution is 2.24. The predicted octanol–water partition coefficient (Wildman–Crippen LogP) is 2.35. The number of amides is 2. The maximum atomic E-state index is 12.8. The summed E-state index contributed by atoms with van der Waals surface area (Å²) in [5.74, 6) is 0.723. The van der Waals surface area contributed by atoms with Gasteiger partial charge in [0.1, 0.15) is 5.75 Å². The van der Waals surface area contributed by atoms with Crippen LogP contribution in [0, 0.1) is 0 Å². The third kappa shape index (κ3) is 6.09. The van der Waals surface area contributed by atoms with Gasteiger partial charge in [-0.05, 0) is 26.0 Å². The Labute approximate surface area is 164 Å². The highest BCUT2D eigenvalue weighted by molar-refractivity contribution is 5.93. The number of benzene rings is 1. The normalized spacial score (nSPS) is 10.8. The Morgan fingerprint density at radius 2 is 2.00 bits per heavy atom. The molecular formula is C20H27N3O5. The molecule has 152 valence electrons. The van der Waals surface area contributed by atoms with Crippen LogP contribution in [0.3, 0.4) is 0 Å². The second-order valence-corrected chi connectivity index (χ2v) is 6.57. The summed E-state index contributed by atoms with van der Waals surface area (Å²) in [4.78, 5) is 26.3. The topological polar surface area (TPSA) is 93.9 Å². The first kappa shape index (κ1) is 21.4. The minimum atomic E-state index is -0.313. The lowest BCUT2D eigenvalue weighted by Gasteiger charge is -2.21. The van der Waals surface area contributed by atoms with Crippen molar-refractivity contribution < 1.29 is 23.6 Å². The van der Waals surface area contributed by atoms with Gasteiger partial charge in [0.05, 0.1) is 13.7 Å². The molecule has 0 aliphatic rings. The lowest BCUT2D eigenvalue weighted by molar-refractivity contribution is -0.121. The monoisotopic (exact) mass is 389 g/mol. The first-order valence-corrected chi connectivity index (χ1v) is 9.13. The van der Waals surface area contributed by atoms with E-state index in [2.05, 4.69) is 10.5 Å². The third-order valence-corrected chi connectivity index (χ3v) is 3.99. The van der Waals surface area contributed by atoms with Gasteiger partial charge in [-0.25, -0.2) is 0 Å². The van der Waals surface area contributed by atoms with Gasteiger partial charge in [-0.1, -0.05) is 17.3 Å². The van der Waals surface area contributed by atoms with Gasteiger partial charge in [-0.15, -0.1) is 0 Å². The second-order valence-electron chi connectivity index (χ2n) is 6.57. The van der Waals surface area contributed by atoms with Gasteiger partial charge >= 0.3 is 0 Å². The Hall–Kier alpha value is -2.87. The summed E-state index contributed by atoms with van der Waals surface area (Å²) in [7, 11) is 3.14. The minimum absolute atomic E-state index is 0.0524. The Balaban J connectivity index is 2.10. The number of carbonyl (C=O) groups excluding carboxylic acids is 2. The van der Waals surface area contributed by atoms with Crippen molar-refractivity contribution in [2.45, 2.75) is 26.3 Å². The van der Waals surface area contributed by atoms with Crippen LogP contribution in [0.15, 0.2) is 34.9 Å². The molecule has 1 N–H and O–H groups in total. The molecule has 0 fully saturated rings. The fraction of sp³-hybridized carbons (Fsp3) is 0.450. The van der Waals surface area contributed by atoms with Gasteiger partial charge in [-0.3, -0.25) is 9.59 Å². The van der Waals surface area contributed by atoms with E-state index in [1.807, 2.05) is 32.0 Å². The van der Waals surface area contributed by atoms with E-state index < -0.39 is 0 Å². The van der Waals surface area contributed by atoms with Crippen molar-refractivity contribution in [2.75, 3.05) is 33.9 Å². The fourth-order valence-electron chi connectivity index (χ4n) is 2.60. The summed E-state index contributed by atoms with van der Waals surface area (Å²) in [6.07, 6.45) is 0.203. The number of hydrogen-bond donors (Lipinski definition) is 1. The molecule has 1 aromatic heterocycles. The van der Waals surface area contributed by atoms with E-state index in [0.29, 0.717) is 24.7 Å². The molecule has 2 aromatic rings. The highest BCUT2D eigenvalue weighted by Gasteiger charge is 2.21. The van der Waals surface area contributed by atoms with Crippen LogP contribution in [-0.4, -0.2) is 61.8 Å². The molecule has 0 aliphatic heterocycles. The van der Waals surface area contributed by atoms with Crippen LogP contribution >= 0.6 is 0 Å². The largest absolute Gasteiger partial charge is 0.497 e. The number of carbonyl (C=O) groups is 2. The maximum absolute atomic E-state index is 12.8. The van der Waals surface area contributed by atoms with Crippen molar-refractivity contribution in [3.63, 3.8) is 0 Å². The molecular weight excluding hydrogens is 362 g/mol. The van der Waals surface area contributed by atoms with Crippen LogP contribution in [0.4, 0.5) is 0 Å². The smallest absolute Gasteiger partial charge is 0.276 e. The van der Waals surface area contributed by atoms with Crippen molar-refractivity contribution in [1.82, 2.24) is 15.4 Å². The van der Waals surface area contributed by atoms with Crippen LogP contribution in [0.5, 0.6) is 5.75 Å². The SMILES string of the molecule is COCCN(CCC(=O)NC(C)C)C(=O)c1cc(-c2cccc(OC)c2)on1. The number of aromatic nitrogens is 1. The molecule has 0 aliphatic carbocycles. The van der Waals surface area contributed by atoms with Crippen LogP contribution in [0.1, 0.15) is 30.8 Å². The second kappa shape index (κ2) is 10.5. The summed E-state index contributed by atoms with van der Waals surface area (Å²) in [6.45, 7) is 4.76. The highest BCUT2D eigenvalue weighted by atomic mass is 16.5. The zero-order chi connectivity index (χ0) is 20.5. The molecule has 1 heterocycles. The Bertz CT molecular complexity index is 788. The number of methoxy groups -OCH3 is 2. The summed E-state index contributed by atoms with van der Waals surface area (Å²) < 4.78 is 15.6. The predicted molar refractivity (Wildman–Crippen MR) is 104 cm³/mol. The van der Waals surface area contributed by atoms with E-state index in [4.69, 9.17) is 14.0 Å². The van der Waals surface area contributed by atoms with Crippen LogP contribution < -0.4 is 10.1 Å². The lowest BCUT2D eigenvalue weighted by atomic mass is 10.1. The molecule has 8 heteroatoms. The zero-order valence-corrected chi connectivity index (χ0v) is 16.7. The molecule has 0 atom stereocenters. The summed E-state index contributed by atoms with van der Waals surface area (Å²) in [5.41, 5.74) is 0.934. The van der Waals surface area contributed by atoms with Gasteiger partial charge in [0, 0.05) is 44.3 Å². The summed E-state index contributed by atoms with van der Waals surface area (Å²) in [6, 6.07) is 8.93. The molecule has 1 aromatic carbocycles. The van der Waals surface area contributed by atoms with Gasteiger partial charge in [0.2, 0.25) is 5.91 Å². The average Bonchev–Trinajstić information content (AvgIpc) is 3.17. The van der Waals surface area contributed by atoms with Gasteiger partial charge in [0.15, 0.2) is 11.5 Å². The number of nitrogens with one attached hydrogen (secondary N) is 1. The quantitative estimate of drug-likeness (QED) is 0.670. The van der Waals surface area contributed by atoms with Crippen LogP contribution in [0.25, 0.3) is 11.3 Å². The van der Waals surface area contributed by atoms with Crippen molar-refractivity contribution in [1.29, 1.82) is 0 Å². The average molecular weight is 389 g/mol. The third-order valence-electron chi connectivity index (χ3n) is 3.99.